The molecule has 2 rings (SSSR count). The predicted octanol–water partition coefficient (Wildman–Crippen LogP) is 0.686. The van der Waals surface area contributed by atoms with Gasteiger partial charge in [-0.15, -0.1) is 0 Å². The molecule has 0 radical (unpaired) electrons. The van der Waals surface area contributed by atoms with E-state index in [0.29, 0.717) is 17.6 Å². The Morgan fingerprint density at radius 1 is 1.33 bits per heavy atom. The first-order chi connectivity index (χ1) is 7.31. The molecule has 0 N–H and O–H groups in total. The lowest BCUT2D eigenvalue weighted by atomic mass is 10.1. The minimum Gasteiger partial charge on any atom is -0.300 e. The summed E-state index contributed by atoms with van der Waals surface area (Å²) in [5.41, 5.74) is 1.32. The van der Waals surface area contributed by atoms with Crippen LogP contribution in [0.1, 0.15) is 5.69 Å². The van der Waals surface area contributed by atoms with Gasteiger partial charge in [0.1, 0.15) is 0 Å². The smallest absolute Gasteiger partial charge is 0.188 e. The number of ketones is 1. The summed E-state index contributed by atoms with van der Waals surface area (Å²) in [4.78, 5) is 29.7. The maximum Gasteiger partial charge on any atom is 0.188 e. The molecule has 0 bridgehead atoms. The highest BCUT2D eigenvalue weighted by molar-refractivity contribution is 6.22. The number of aromatic nitrogens is 1. The average Bonchev–Trinajstić information content (AvgIpc) is 2.30. The molecule has 4 heteroatoms. The number of dihydropyridines is 1. The van der Waals surface area contributed by atoms with Crippen LogP contribution in [-0.2, 0) is 9.59 Å². The highest BCUT2D eigenvalue weighted by Gasteiger charge is 2.18. The molecule has 15 heavy (non-hydrogen) atoms. The van der Waals surface area contributed by atoms with Crippen molar-refractivity contribution in [2.45, 2.75) is 6.04 Å². The minimum atomic E-state index is -0.877. The van der Waals surface area contributed by atoms with Crippen molar-refractivity contribution in [1.29, 1.82) is 0 Å². The Labute approximate surface area is 86.4 Å². The van der Waals surface area contributed by atoms with E-state index in [1.165, 1.54) is 12.3 Å². The molecule has 0 fully saturated rings. The summed E-state index contributed by atoms with van der Waals surface area (Å²) in [5, 5.41) is 0. The number of hydrogen-bond acceptors (Lipinski definition) is 4. The molecular formula is C11H8N2O2. The van der Waals surface area contributed by atoms with Gasteiger partial charge in [-0.25, -0.2) is 0 Å². The largest absolute Gasteiger partial charge is 0.300 e. The Morgan fingerprint density at radius 3 is 2.80 bits per heavy atom. The van der Waals surface area contributed by atoms with E-state index in [9.17, 15) is 9.59 Å². The number of rotatable bonds is 2. The third kappa shape index (κ3) is 1.88. The van der Waals surface area contributed by atoms with Gasteiger partial charge >= 0.3 is 0 Å². The molecule has 1 aliphatic heterocycles. The number of hydrogen-bond donors (Lipinski definition) is 0. The van der Waals surface area contributed by atoms with Crippen LogP contribution in [0.2, 0.25) is 0 Å². The molecule has 2 heterocycles. The van der Waals surface area contributed by atoms with Crippen molar-refractivity contribution in [3.63, 3.8) is 0 Å². The fourth-order valence-electron chi connectivity index (χ4n) is 1.29. The molecule has 74 valence electrons. The van der Waals surface area contributed by atoms with E-state index in [1.54, 1.807) is 18.3 Å². The first-order valence-electron chi connectivity index (χ1n) is 4.46. The van der Waals surface area contributed by atoms with Crippen LogP contribution in [0.3, 0.4) is 0 Å². The summed E-state index contributed by atoms with van der Waals surface area (Å²) in [6.45, 7) is 0. The molecule has 0 amide bonds. The van der Waals surface area contributed by atoms with Crippen molar-refractivity contribution in [3.05, 3.63) is 36.2 Å². The highest BCUT2D eigenvalue weighted by atomic mass is 16.1. The lowest BCUT2D eigenvalue weighted by molar-refractivity contribution is -0.120. The van der Waals surface area contributed by atoms with Gasteiger partial charge in [-0.1, -0.05) is 6.07 Å². The number of aliphatic imine (C=N–C) groups is 1. The molecule has 4 nitrogen and oxygen atoms in total. The fraction of sp³-hybridized carbons (Fsp3) is 0.0909. The van der Waals surface area contributed by atoms with Crippen molar-refractivity contribution in [2.24, 2.45) is 4.99 Å². The Morgan fingerprint density at radius 2 is 2.20 bits per heavy atom. The Bertz CT molecular complexity index is 449. The molecule has 0 saturated carbocycles. The van der Waals surface area contributed by atoms with E-state index >= 15 is 0 Å². The molecule has 1 aromatic heterocycles. The monoisotopic (exact) mass is 200 g/mol. The maximum absolute atomic E-state index is 11.4. The van der Waals surface area contributed by atoms with Crippen molar-refractivity contribution in [3.8, 4) is 0 Å². The van der Waals surface area contributed by atoms with Crippen molar-refractivity contribution in [2.75, 3.05) is 0 Å². The standard InChI is InChI=1S/C11H8N2O2/c14-7-10-11(15)5-8(6-13-10)9-3-1-2-4-12-9/h1-7,10H. The van der Waals surface area contributed by atoms with Crippen LogP contribution in [0.4, 0.5) is 0 Å². The number of pyridine rings is 1. The molecule has 0 aliphatic carbocycles. The topological polar surface area (TPSA) is 59.4 Å². The molecule has 0 aromatic carbocycles. The van der Waals surface area contributed by atoms with Crippen molar-refractivity contribution < 1.29 is 9.59 Å². The Balaban J connectivity index is 2.32. The third-order valence-corrected chi connectivity index (χ3v) is 2.05. The second-order valence-corrected chi connectivity index (χ2v) is 3.08. The van der Waals surface area contributed by atoms with Crippen LogP contribution in [0.25, 0.3) is 5.57 Å². The molecule has 1 aliphatic rings. The van der Waals surface area contributed by atoms with Gasteiger partial charge in [-0.3, -0.25) is 14.8 Å². The molecule has 1 atom stereocenters. The fourth-order valence-corrected chi connectivity index (χ4v) is 1.29. The van der Waals surface area contributed by atoms with Gasteiger partial charge in [0.25, 0.3) is 0 Å². The molecule has 0 spiro atoms. The second kappa shape index (κ2) is 3.96. The summed E-state index contributed by atoms with van der Waals surface area (Å²) in [7, 11) is 0. The van der Waals surface area contributed by atoms with Crippen LogP contribution in [0, 0.1) is 0 Å². The van der Waals surface area contributed by atoms with Gasteiger partial charge in [0.2, 0.25) is 0 Å². The first kappa shape index (κ1) is 9.45. The highest BCUT2D eigenvalue weighted by Crippen LogP contribution is 2.13. The zero-order chi connectivity index (χ0) is 10.7. The normalized spacial score (nSPS) is 19.9. The number of nitrogens with zero attached hydrogens (tertiary/aromatic N) is 2. The quantitative estimate of drug-likeness (QED) is 0.521. The van der Waals surface area contributed by atoms with Crippen LogP contribution in [0.15, 0.2) is 35.5 Å². The van der Waals surface area contributed by atoms with Crippen molar-refractivity contribution in [1.82, 2.24) is 4.98 Å². The van der Waals surface area contributed by atoms with E-state index in [2.05, 4.69) is 9.98 Å². The summed E-state index contributed by atoms with van der Waals surface area (Å²) < 4.78 is 0. The number of aldehydes is 1. The summed E-state index contributed by atoms with van der Waals surface area (Å²) in [6.07, 6.45) is 5.07. The summed E-state index contributed by atoms with van der Waals surface area (Å²) >= 11 is 0. The molecule has 1 unspecified atom stereocenters. The number of carbonyl (C=O) groups excluding carboxylic acids is 2. The predicted molar refractivity (Wildman–Crippen MR) is 55.6 cm³/mol. The van der Waals surface area contributed by atoms with Gasteiger partial charge in [-0.05, 0) is 18.2 Å². The van der Waals surface area contributed by atoms with Gasteiger partial charge in [0.15, 0.2) is 18.1 Å². The molecule has 1 aromatic rings. The zero-order valence-electron chi connectivity index (χ0n) is 7.83. The lowest BCUT2D eigenvalue weighted by Crippen LogP contribution is -2.21. The van der Waals surface area contributed by atoms with Crippen LogP contribution < -0.4 is 0 Å². The van der Waals surface area contributed by atoms with Crippen LogP contribution in [0.5, 0.6) is 0 Å². The summed E-state index contributed by atoms with van der Waals surface area (Å²) in [5.74, 6) is -0.298. The average molecular weight is 200 g/mol. The minimum absolute atomic E-state index is 0.298. The zero-order valence-corrected chi connectivity index (χ0v) is 7.83. The maximum atomic E-state index is 11.4. The first-order valence-corrected chi connectivity index (χ1v) is 4.46. The van der Waals surface area contributed by atoms with Gasteiger partial charge < -0.3 is 4.79 Å². The molecular weight excluding hydrogens is 192 g/mol. The second-order valence-electron chi connectivity index (χ2n) is 3.08. The SMILES string of the molecule is O=CC1N=CC(c2ccccn2)=CC1=O. The number of allylic oxidation sites excluding steroid dienone is 1. The van der Waals surface area contributed by atoms with Crippen molar-refractivity contribution >= 4 is 23.9 Å². The van der Waals surface area contributed by atoms with E-state index < -0.39 is 6.04 Å². The van der Waals surface area contributed by atoms with Gasteiger partial charge in [0, 0.05) is 18.0 Å². The van der Waals surface area contributed by atoms with Crippen LogP contribution in [-0.4, -0.2) is 29.3 Å². The number of carbonyl (C=O) groups is 2. The van der Waals surface area contributed by atoms with E-state index in [1.807, 2.05) is 6.07 Å². The Hall–Kier alpha value is -2.10. The van der Waals surface area contributed by atoms with E-state index in [-0.39, 0.29) is 5.78 Å². The van der Waals surface area contributed by atoms with Crippen LogP contribution >= 0.6 is 0 Å². The van der Waals surface area contributed by atoms with E-state index in [4.69, 9.17) is 0 Å². The Kier molecular flexibility index (Phi) is 2.49. The van der Waals surface area contributed by atoms with E-state index in [0.717, 1.165) is 0 Å². The third-order valence-electron chi connectivity index (χ3n) is 2.05. The summed E-state index contributed by atoms with van der Waals surface area (Å²) in [6, 6.07) is 4.53. The lowest BCUT2D eigenvalue weighted by Gasteiger charge is -2.08. The van der Waals surface area contributed by atoms with Gasteiger partial charge in [-0.2, -0.15) is 0 Å². The van der Waals surface area contributed by atoms with Gasteiger partial charge in [0.05, 0.1) is 5.69 Å². The molecule has 0 saturated heterocycles.